The first kappa shape index (κ1) is 41.3. The van der Waals surface area contributed by atoms with Crippen LogP contribution in [0.1, 0.15) is 136 Å². The van der Waals surface area contributed by atoms with Crippen molar-refractivity contribution in [3.8, 4) is 0 Å². The van der Waals surface area contributed by atoms with Crippen LogP contribution in [0.15, 0.2) is 121 Å². The molecular weight excluding hydrogens is 601 g/mol. The molecule has 0 radical (unpaired) electrons. The van der Waals surface area contributed by atoms with Gasteiger partial charge in [-0.05, 0) is 38.5 Å². The molecule has 50 heavy (non-hydrogen) atoms. The maximum atomic E-state index is 2.31. The third-order valence-corrected chi connectivity index (χ3v) is 10.8. The van der Waals surface area contributed by atoms with Crippen LogP contribution >= 0.6 is 0 Å². The lowest BCUT2D eigenvalue weighted by Crippen LogP contribution is -3.12. The zero-order valence-corrected chi connectivity index (χ0v) is 32.5. The Morgan fingerprint density at radius 3 is 0.760 bits per heavy atom. The van der Waals surface area contributed by atoms with Gasteiger partial charge in [0.2, 0.25) is 0 Å². The van der Waals surface area contributed by atoms with Crippen LogP contribution in [0.4, 0.5) is 0 Å². The van der Waals surface area contributed by atoms with E-state index in [0.717, 1.165) is 0 Å². The second kappa shape index (κ2) is 26.7. The molecule has 4 aromatic carbocycles. The monoisotopic (exact) mass is 674 g/mol. The topological polar surface area (TPSA) is 4.44 Å². The van der Waals surface area contributed by atoms with Crippen molar-refractivity contribution in [2.75, 3.05) is 19.6 Å². The SMILES string of the molecule is CCCCCCCC[NH+](CCCCCCCC)CCCCCCCC.c1ccc([B-](c2ccccc2)(c2ccccc2)c2ccccc2)cc1. The molecule has 4 aromatic rings. The molecule has 0 saturated heterocycles. The summed E-state index contributed by atoms with van der Waals surface area (Å²) in [5, 5.41) is 0. The fourth-order valence-electron chi connectivity index (χ4n) is 7.96. The molecule has 0 aliphatic carbocycles. The molecule has 0 unspecified atom stereocenters. The normalized spacial score (nSPS) is 11.4. The Balaban J connectivity index is 0.000000270. The molecule has 1 nitrogen and oxygen atoms in total. The summed E-state index contributed by atoms with van der Waals surface area (Å²) >= 11 is 0. The molecule has 0 aromatic heterocycles. The minimum absolute atomic E-state index is 1.22. The standard InChI is InChI=1S/C24H20B.C24H51N/c1-5-13-21(14-6-1)25(22-15-7-2-8-16-22,23-17-9-3-10-18-23)24-19-11-4-12-20-24;1-4-7-10-13-16-19-22-25(23-20-17-14-11-8-5-2)24-21-18-15-12-9-6-3/h1-20H;4-24H2,1-3H3/q-1;/p+1. The molecule has 0 spiro atoms. The summed E-state index contributed by atoms with van der Waals surface area (Å²) in [6, 6.07) is 43.5. The molecule has 0 heterocycles. The summed E-state index contributed by atoms with van der Waals surface area (Å²) in [7, 11) is 0. The first-order valence-corrected chi connectivity index (χ1v) is 21.0. The van der Waals surface area contributed by atoms with Gasteiger partial charge in [0.15, 0.2) is 0 Å². The predicted molar refractivity (Wildman–Crippen MR) is 226 cm³/mol. The van der Waals surface area contributed by atoms with Gasteiger partial charge in [-0.15, -0.1) is 0 Å². The number of nitrogens with one attached hydrogen (secondary N) is 1. The van der Waals surface area contributed by atoms with Crippen LogP contribution in [-0.2, 0) is 0 Å². The Labute approximate surface area is 309 Å². The fourth-order valence-corrected chi connectivity index (χ4v) is 7.96. The van der Waals surface area contributed by atoms with E-state index in [0.29, 0.717) is 0 Å². The minimum atomic E-state index is -1.22. The van der Waals surface area contributed by atoms with Crippen LogP contribution in [-0.4, -0.2) is 25.8 Å². The summed E-state index contributed by atoms with van der Waals surface area (Å²) in [4.78, 5) is 1.92. The quantitative estimate of drug-likeness (QED) is 0.0528. The molecule has 0 atom stereocenters. The van der Waals surface area contributed by atoms with Gasteiger partial charge in [0.25, 0.3) is 0 Å². The zero-order chi connectivity index (χ0) is 35.4. The van der Waals surface area contributed by atoms with Crippen LogP contribution in [0.25, 0.3) is 0 Å². The van der Waals surface area contributed by atoms with Crippen molar-refractivity contribution in [2.24, 2.45) is 0 Å². The van der Waals surface area contributed by atoms with E-state index in [2.05, 4.69) is 142 Å². The second-order valence-corrected chi connectivity index (χ2v) is 14.8. The van der Waals surface area contributed by atoms with E-state index in [4.69, 9.17) is 0 Å². The van der Waals surface area contributed by atoms with Crippen molar-refractivity contribution in [3.05, 3.63) is 121 Å². The van der Waals surface area contributed by atoms with Gasteiger partial charge in [0.1, 0.15) is 6.15 Å². The van der Waals surface area contributed by atoms with Crippen LogP contribution in [0.5, 0.6) is 0 Å². The number of unbranched alkanes of at least 4 members (excludes halogenated alkanes) is 15. The van der Waals surface area contributed by atoms with E-state index in [9.17, 15) is 0 Å². The molecule has 0 aliphatic heterocycles. The van der Waals surface area contributed by atoms with Crippen molar-refractivity contribution < 1.29 is 4.90 Å². The Morgan fingerprint density at radius 2 is 0.520 bits per heavy atom. The first-order valence-electron chi connectivity index (χ1n) is 21.0. The Bertz CT molecular complexity index is 1110. The summed E-state index contributed by atoms with van der Waals surface area (Å²) in [5.74, 6) is 0. The zero-order valence-electron chi connectivity index (χ0n) is 32.5. The molecular formula is C48H72BN. The molecule has 2 heteroatoms. The van der Waals surface area contributed by atoms with Crippen molar-refractivity contribution in [2.45, 2.75) is 136 Å². The molecule has 0 amide bonds. The van der Waals surface area contributed by atoms with Gasteiger partial charge >= 0.3 is 0 Å². The van der Waals surface area contributed by atoms with Crippen LogP contribution in [0, 0.1) is 0 Å². The number of rotatable bonds is 25. The summed E-state index contributed by atoms with van der Waals surface area (Å²) in [5.41, 5.74) is 5.36. The van der Waals surface area contributed by atoms with E-state index in [1.807, 2.05) is 4.90 Å². The highest BCUT2D eigenvalue weighted by Crippen LogP contribution is 2.10. The smallest absolute Gasteiger partial charge is 0.108 e. The van der Waals surface area contributed by atoms with Crippen LogP contribution in [0.2, 0.25) is 0 Å². The molecule has 4 rings (SSSR count). The molecule has 0 bridgehead atoms. The maximum Gasteiger partial charge on any atom is 0.108 e. The highest BCUT2D eigenvalue weighted by Gasteiger charge is 2.31. The third-order valence-electron chi connectivity index (χ3n) is 10.8. The van der Waals surface area contributed by atoms with Gasteiger partial charge in [0, 0.05) is 0 Å². The Hall–Kier alpha value is -3.10. The van der Waals surface area contributed by atoms with Gasteiger partial charge in [0.05, 0.1) is 19.6 Å². The number of quaternary nitrogens is 1. The van der Waals surface area contributed by atoms with E-state index in [1.54, 1.807) is 0 Å². The highest BCUT2D eigenvalue weighted by atomic mass is 15.1. The summed E-state index contributed by atoms with van der Waals surface area (Å²) < 4.78 is 0. The van der Waals surface area contributed by atoms with E-state index in [-0.39, 0.29) is 0 Å². The average Bonchev–Trinajstić information content (AvgIpc) is 3.18. The lowest BCUT2D eigenvalue weighted by molar-refractivity contribution is -0.900. The second-order valence-electron chi connectivity index (χ2n) is 14.8. The third kappa shape index (κ3) is 14.6. The summed E-state index contributed by atoms with van der Waals surface area (Å²) in [6.45, 7) is 11.3. The molecule has 0 aliphatic rings. The van der Waals surface area contributed by atoms with Crippen LogP contribution in [0.3, 0.4) is 0 Å². The number of hydrogen-bond acceptors (Lipinski definition) is 0. The van der Waals surface area contributed by atoms with Crippen molar-refractivity contribution in [1.82, 2.24) is 0 Å². The van der Waals surface area contributed by atoms with Gasteiger partial charge in [-0.2, -0.15) is 21.9 Å². The van der Waals surface area contributed by atoms with Gasteiger partial charge in [-0.3, -0.25) is 0 Å². The summed E-state index contributed by atoms with van der Waals surface area (Å²) in [6.07, 6.45) is 24.8. The highest BCUT2D eigenvalue weighted by molar-refractivity contribution is 7.19. The largest absolute Gasteiger partial charge is 0.335 e. The first-order chi connectivity index (χ1) is 24.8. The Kier molecular flexibility index (Phi) is 22.0. The van der Waals surface area contributed by atoms with Gasteiger partial charge in [-0.1, -0.05) is 219 Å². The van der Waals surface area contributed by atoms with Crippen molar-refractivity contribution in [1.29, 1.82) is 0 Å². The maximum absolute atomic E-state index is 2.31. The minimum Gasteiger partial charge on any atom is -0.335 e. The predicted octanol–water partition coefficient (Wildman–Crippen LogP) is 10.0. The van der Waals surface area contributed by atoms with Gasteiger partial charge < -0.3 is 4.90 Å². The van der Waals surface area contributed by atoms with Crippen molar-refractivity contribution >= 4 is 28.0 Å². The van der Waals surface area contributed by atoms with Gasteiger partial charge in [-0.25, -0.2) is 0 Å². The van der Waals surface area contributed by atoms with E-state index in [1.165, 1.54) is 157 Å². The lowest BCUT2D eigenvalue weighted by atomic mass is 9.13. The average molecular weight is 674 g/mol. The molecule has 1 N–H and O–H groups in total. The molecule has 0 fully saturated rings. The van der Waals surface area contributed by atoms with E-state index >= 15 is 0 Å². The molecule has 272 valence electrons. The Morgan fingerprint density at radius 1 is 0.300 bits per heavy atom. The number of benzene rings is 4. The molecule has 0 saturated carbocycles. The van der Waals surface area contributed by atoms with Crippen LogP contribution < -0.4 is 26.8 Å². The lowest BCUT2D eigenvalue weighted by Gasteiger charge is -2.44. The van der Waals surface area contributed by atoms with E-state index < -0.39 is 6.15 Å². The fraction of sp³-hybridized carbons (Fsp3) is 0.500. The van der Waals surface area contributed by atoms with Crippen molar-refractivity contribution in [3.63, 3.8) is 0 Å². The number of hydrogen-bond donors (Lipinski definition) is 1.